The summed E-state index contributed by atoms with van der Waals surface area (Å²) in [5.74, 6) is 0.763. The van der Waals surface area contributed by atoms with Gasteiger partial charge in [0.1, 0.15) is 5.69 Å². The number of aromatic nitrogens is 2. The van der Waals surface area contributed by atoms with E-state index in [0.717, 1.165) is 36.3 Å². The Balaban J connectivity index is 1.57. The summed E-state index contributed by atoms with van der Waals surface area (Å²) >= 11 is 0. The minimum Gasteiger partial charge on any atom is -0.371 e. The van der Waals surface area contributed by atoms with Crippen molar-refractivity contribution in [3.8, 4) is 11.3 Å². The van der Waals surface area contributed by atoms with Crippen molar-refractivity contribution in [1.82, 2.24) is 14.9 Å². The molecule has 3 aromatic rings. The first-order chi connectivity index (χ1) is 13.7. The van der Waals surface area contributed by atoms with E-state index in [2.05, 4.69) is 39.6 Å². The van der Waals surface area contributed by atoms with E-state index in [9.17, 15) is 4.79 Å². The van der Waals surface area contributed by atoms with Gasteiger partial charge in [0.15, 0.2) is 5.82 Å². The molecule has 1 unspecified atom stereocenters. The molecule has 28 heavy (non-hydrogen) atoms. The molecule has 0 fully saturated rings. The Kier molecular flexibility index (Phi) is 5.06. The topological polar surface area (TPSA) is 58.1 Å². The number of amides is 1. The van der Waals surface area contributed by atoms with E-state index in [0.29, 0.717) is 5.56 Å². The Morgan fingerprint density at radius 1 is 1.07 bits per heavy atom. The first-order valence-electron chi connectivity index (χ1n) is 9.63. The van der Waals surface area contributed by atoms with Crippen LogP contribution in [0.3, 0.4) is 0 Å². The Morgan fingerprint density at radius 3 is 2.61 bits per heavy atom. The van der Waals surface area contributed by atoms with Crippen molar-refractivity contribution >= 4 is 11.7 Å². The van der Waals surface area contributed by atoms with Crippen LogP contribution >= 0.6 is 0 Å². The second kappa shape index (κ2) is 7.80. The summed E-state index contributed by atoms with van der Waals surface area (Å²) in [5, 5.41) is 3.05. The Bertz CT molecular complexity index is 984. The molecule has 0 radical (unpaired) electrons. The number of nitrogens with one attached hydrogen (secondary N) is 1. The zero-order valence-corrected chi connectivity index (χ0v) is 16.2. The van der Waals surface area contributed by atoms with Crippen LogP contribution in [0.2, 0.25) is 0 Å². The van der Waals surface area contributed by atoms with Crippen molar-refractivity contribution in [3.05, 3.63) is 77.6 Å². The third-order valence-electron chi connectivity index (χ3n) is 5.47. The normalized spacial score (nSPS) is 15.6. The summed E-state index contributed by atoms with van der Waals surface area (Å²) in [6.45, 7) is 0. The van der Waals surface area contributed by atoms with Gasteiger partial charge in [-0.15, -0.1) is 0 Å². The van der Waals surface area contributed by atoms with Gasteiger partial charge in [0, 0.05) is 37.6 Å². The van der Waals surface area contributed by atoms with Crippen LogP contribution in [0.5, 0.6) is 0 Å². The molecule has 0 saturated heterocycles. The highest BCUT2D eigenvalue weighted by Crippen LogP contribution is 2.34. The summed E-state index contributed by atoms with van der Waals surface area (Å²) < 4.78 is 0. The molecule has 2 aromatic carbocycles. The second-order valence-electron chi connectivity index (χ2n) is 7.10. The van der Waals surface area contributed by atoms with E-state index < -0.39 is 0 Å². The average Bonchev–Trinajstić information content (AvgIpc) is 2.77. The fraction of sp³-hybridized carbons (Fsp3) is 0.261. The molecule has 1 amide bonds. The molecule has 1 atom stereocenters. The van der Waals surface area contributed by atoms with Gasteiger partial charge < -0.3 is 10.2 Å². The van der Waals surface area contributed by atoms with Gasteiger partial charge in [-0.1, -0.05) is 36.4 Å². The van der Waals surface area contributed by atoms with Crippen molar-refractivity contribution in [2.75, 3.05) is 19.4 Å². The summed E-state index contributed by atoms with van der Waals surface area (Å²) in [6, 6.07) is 16.2. The number of fused-ring (bicyclic) bond motifs is 1. The molecule has 4 rings (SSSR count). The van der Waals surface area contributed by atoms with Crippen LogP contribution in [-0.2, 0) is 6.42 Å². The smallest absolute Gasteiger partial charge is 0.254 e. The van der Waals surface area contributed by atoms with Gasteiger partial charge in [-0.2, -0.15) is 0 Å². The number of carbonyl (C=O) groups excluding carboxylic acids is 1. The van der Waals surface area contributed by atoms with Gasteiger partial charge >= 0.3 is 0 Å². The number of hydrogen-bond acceptors (Lipinski definition) is 4. The van der Waals surface area contributed by atoms with E-state index >= 15 is 0 Å². The maximum atomic E-state index is 13.1. The van der Waals surface area contributed by atoms with E-state index in [1.807, 2.05) is 43.3 Å². The molecule has 5 heteroatoms. The van der Waals surface area contributed by atoms with Crippen LogP contribution in [0.1, 0.15) is 40.4 Å². The SMILES string of the molecule is CNc1nccnc1-c1ccc(C(=O)N(C)C2CCCc3ccccc32)cc1. The standard InChI is InChI=1S/C23H24N4O/c1-24-22-21(25-14-15-26-22)17-10-12-18(13-11-17)23(28)27(2)20-9-5-7-16-6-3-4-8-19(16)20/h3-4,6,8,10-15,20H,5,7,9H2,1-2H3,(H,24,26). The van der Waals surface area contributed by atoms with Crippen molar-refractivity contribution in [1.29, 1.82) is 0 Å². The predicted octanol–water partition coefficient (Wildman–Crippen LogP) is 4.33. The number of carbonyl (C=O) groups is 1. The molecule has 1 heterocycles. The maximum absolute atomic E-state index is 13.1. The van der Waals surface area contributed by atoms with Crippen LogP contribution in [0.25, 0.3) is 11.3 Å². The molecule has 1 aliphatic rings. The summed E-state index contributed by atoms with van der Waals surface area (Å²) in [6.07, 6.45) is 6.53. The van der Waals surface area contributed by atoms with Crippen LogP contribution in [-0.4, -0.2) is 34.9 Å². The fourth-order valence-corrected chi connectivity index (χ4v) is 3.98. The Labute approximate surface area is 165 Å². The fourth-order valence-electron chi connectivity index (χ4n) is 3.98. The van der Waals surface area contributed by atoms with Crippen molar-refractivity contribution in [2.45, 2.75) is 25.3 Å². The van der Waals surface area contributed by atoms with E-state index in [1.54, 1.807) is 12.4 Å². The van der Waals surface area contributed by atoms with Gasteiger partial charge in [0.2, 0.25) is 0 Å². The largest absolute Gasteiger partial charge is 0.371 e. The lowest BCUT2D eigenvalue weighted by Crippen LogP contribution is -2.33. The minimum atomic E-state index is 0.0428. The van der Waals surface area contributed by atoms with Crippen LogP contribution in [0, 0.1) is 0 Å². The monoisotopic (exact) mass is 372 g/mol. The van der Waals surface area contributed by atoms with Gasteiger partial charge in [-0.3, -0.25) is 9.78 Å². The van der Waals surface area contributed by atoms with Gasteiger partial charge in [-0.25, -0.2) is 4.98 Å². The van der Waals surface area contributed by atoms with Gasteiger partial charge in [0.05, 0.1) is 6.04 Å². The first kappa shape index (κ1) is 18.2. The maximum Gasteiger partial charge on any atom is 0.254 e. The molecule has 1 aromatic heterocycles. The van der Waals surface area contributed by atoms with Crippen LogP contribution < -0.4 is 5.32 Å². The summed E-state index contributed by atoms with van der Waals surface area (Å²) in [7, 11) is 3.73. The van der Waals surface area contributed by atoms with Gasteiger partial charge in [-0.05, 0) is 42.5 Å². The summed E-state index contributed by atoms with van der Waals surface area (Å²) in [5.41, 5.74) is 5.03. The van der Waals surface area contributed by atoms with Crippen molar-refractivity contribution in [2.24, 2.45) is 0 Å². The molecule has 0 spiro atoms. The van der Waals surface area contributed by atoms with E-state index in [1.165, 1.54) is 11.1 Å². The number of rotatable bonds is 4. The molecule has 142 valence electrons. The lowest BCUT2D eigenvalue weighted by Gasteiger charge is -2.33. The van der Waals surface area contributed by atoms with Crippen molar-refractivity contribution in [3.63, 3.8) is 0 Å². The number of aryl methyl sites for hydroxylation is 1. The highest BCUT2D eigenvalue weighted by Gasteiger charge is 2.27. The molecular weight excluding hydrogens is 348 g/mol. The minimum absolute atomic E-state index is 0.0428. The first-order valence-corrected chi connectivity index (χ1v) is 9.63. The zero-order chi connectivity index (χ0) is 19.5. The van der Waals surface area contributed by atoms with Crippen LogP contribution in [0.15, 0.2) is 60.9 Å². The van der Waals surface area contributed by atoms with Crippen molar-refractivity contribution < 1.29 is 4.79 Å². The number of hydrogen-bond donors (Lipinski definition) is 1. The molecule has 0 aliphatic heterocycles. The predicted molar refractivity (Wildman–Crippen MR) is 111 cm³/mol. The van der Waals surface area contributed by atoms with Gasteiger partial charge in [0.25, 0.3) is 5.91 Å². The average molecular weight is 372 g/mol. The molecular formula is C23H24N4O. The molecule has 5 nitrogen and oxygen atoms in total. The molecule has 1 N–H and O–H groups in total. The Morgan fingerprint density at radius 2 is 1.82 bits per heavy atom. The lowest BCUT2D eigenvalue weighted by molar-refractivity contribution is 0.0715. The summed E-state index contributed by atoms with van der Waals surface area (Å²) in [4.78, 5) is 23.7. The Hall–Kier alpha value is -3.21. The number of benzene rings is 2. The van der Waals surface area contributed by atoms with Crippen LogP contribution in [0.4, 0.5) is 5.82 Å². The second-order valence-corrected chi connectivity index (χ2v) is 7.10. The van der Waals surface area contributed by atoms with E-state index in [4.69, 9.17) is 0 Å². The number of anilines is 1. The molecule has 0 bridgehead atoms. The highest BCUT2D eigenvalue weighted by atomic mass is 16.2. The molecule has 0 saturated carbocycles. The third-order valence-corrected chi connectivity index (χ3v) is 5.47. The highest BCUT2D eigenvalue weighted by molar-refractivity contribution is 5.95. The quantitative estimate of drug-likeness (QED) is 0.740. The zero-order valence-electron chi connectivity index (χ0n) is 16.2. The molecule has 1 aliphatic carbocycles. The number of nitrogens with zero attached hydrogens (tertiary/aromatic N) is 3. The van der Waals surface area contributed by atoms with E-state index in [-0.39, 0.29) is 11.9 Å². The third kappa shape index (κ3) is 3.36. The lowest BCUT2D eigenvalue weighted by atomic mass is 9.87.